The van der Waals surface area contributed by atoms with Crippen molar-refractivity contribution >= 4 is 27.8 Å². The highest BCUT2D eigenvalue weighted by Crippen LogP contribution is 2.20. The standard InChI is InChI=1S/C17H12BrNO2/c18-15-6-3-5-14(12-15)16(20)9-8-13-4-1-2-7-17(13)21-11-10-19/h1-9,12H,11H2/b9-8+. The number of para-hydroxylation sites is 1. The minimum absolute atomic E-state index is 0.0234. The fourth-order valence-electron chi connectivity index (χ4n) is 1.76. The zero-order chi connectivity index (χ0) is 15.1. The van der Waals surface area contributed by atoms with Crippen molar-refractivity contribution in [2.45, 2.75) is 0 Å². The molecule has 0 bridgehead atoms. The van der Waals surface area contributed by atoms with E-state index in [9.17, 15) is 4.79 Å². The molecule has 0 aromatic heterocycles. The van der Waals surface area contributed by atoms with Crippen molar-refractivity contribution in [1.82, 2.24) is 0 Å². The summed E-state index contributed by atoms with van der Waals surface area (Å²) >= 11 is 3.34. The third kappa shape index (κ3) is 4.30. The Labute approximate surface area is 131 Å². The van der Waals surface area contributed by atoms with Crippen LogP contribution in [0.1, 0.15) is 15.9 Å². The molecule has 104 valence electrons. The van der Waals surface area contributed by atoms with E-state index in [1.54, 1.807) is 24.3 Å². The quantitative estimate of drug-likeness (QED) is 0.603. The summed E-state index contributed by atoms with van der Waals surface area (Å²) in [7, 11) is 0. The average molecular weight is 342 g/mol. The first-order valence-electron chi connectivity index (χ1n) is 6.27. The van der Waals surface area contributed by atoms with Crippen molar-refractivity contribution in [3.8, 4) is 11.8 Å². The van der Waals surface area contributed by atoms with Crippen molar-refractivity contribution in [2.75, 3.05) is 6.61 Å². The molecule has 0 radical (unpaired) electrons. The van der Waals surface area contributed by atoms with Gasteiger partial charge >= 0.3 is 0 Å². The zero-order valence-corrected chi connectivity index (χ0v) is 12.7. The normalized spacial score (nSPS) is 10.3. The molecule has 0 N–H and O–H groups in total. The van der Waals surface area contributed by atoms with Gasteiger partial charge in [-0.25, -0.2) is 0 Å². The van der Waals surface area contributed by atoms with E-state index in [1.807, 2.05) is 36.4 Å². The number of carbonyl (C=O) groups is 1. The molecule has 0 spiro atoms. The number of allylic oxidation sites excluding steroid dienone is 1. The molecule has 0 aliphatic carbocycles. The van der Waals surface area contributed by atoms with E-state index in [-0.39, 0.29) is 12.4 Å². The first-order chi connectivity index (χ1) is 10.2. The predicted molar refractivity (Wildman–Crippen MR) is 85.1 cm³/mol. The molecule has 21 heavy (non-hydrogen) atoms. The van der Waals surface area contributed by atoms with Gasteiger partial charge in [0.25, 0.3) is 0 Å². The lowest BCUT2D eigenvalue weighted by atomic mass is 10.1. The highest BCUT2D eigenvalue weighted by molar-refractivity contribution is 9.10. The largest absolute Gasteiger partial charge is 0.478 e. The van der Waals surface area contributed by atoms with Crippen LogP contribution in [0.3, 0.4) is 0 Å². The van der Waals surface area contributed by atoms with Gasteiger partial charge in [0, 0.05) is 15.6 Å². The van der Waals surface area contributed by atoms with E-state index in [4.69, 9.17) is 10.00 Å². The van der Waals surface area contributed by atoms with E-state index in [1.165, 1.54) is 6.08 Å². The maximum Gasteiger partial charge on any atom is 0.185 e. The first kappa shape index (κ1) is 15.0. The lowest BCUT2D eigenvalue weighted by Crippen LogP contribution is -1.96. The second-order valence-corrected chi connectivity index (χ2v) is 5.11. The van der Waals surface area contributed by atoms with Crippen molar-refractivity contribution < 1.29 is 9.53 Å². The molecule has 0 saturated heterocycles. The molecular weight excluding hydrogens is 330 g/mol. The third-order valence-corrected chi connectivity index (χ3v) is 3.23. The molecule has 2 aromatic rings. The smallest absolute Gasteiger partial charge is 0.185 e. The number of nitriles is 1. The van der Waals surface area contributed by atoms with E-state index in [0.717, 1.165) is 10.0 Å². The molecule has 0 saturated carbocycles. The van der Waals surface area contributed by atoms with Crippen LogP contribution in [0.4, 0.5) is 0 Å². The Hall–Kier alpha value is -2.38. The van der Waals surface area contributed by atoms with Gasteiger partial charge in [-0.1, -0.05) is 46.3 Å². The molecule has 0 aliphatic rings. The SMILES string of the molecule is N#CCOc1ccccc1/C=C/C(=O)c1cccc(Br)c1. The van der Waals surface area contributed by atoms with Crippen LogP contribution >= 0.6 is 15.9 Å². The minimum atomic E-state index is -0.0913. The molecule has 0 amide bonds. The summed E-state index contributed by atoms with van der Waals surface area (Å²) in [5.74, 6) is 0.490. The summed E-state index contributed by atoms with van der Waals surface area (Å²) < 4.78 is 6.17. The molecule has 2 rings (SSSR count). The first-order valence-corrected chi connectivity index (χ1v) is 7.07. The van der Waals surface area contributed by atoms with Crippen LogP contribution < -0.4 is 4.74 Å². The Bertz CT molecular complexity index is 717. The average Bonchev–Trinajstić information content (AvgIpc) is 2.51. The van der Waals surface area contributed by atoms with E-state index in [2.05, 4.69) is 15.9 Å². The van der Waals surface area contributed by atoms with Crippen molar-refractivity contribution in [3.05, 3.63) is 70.2 Å². The van der Waals surface area contributed by atoms with Gasteiger partial charge in [-0.15, -0.1) is 0 Å². The number of halogens is 1. The Balaban J connectivity index is 2.18. The van der Waals surface area contributed by atoms with Gasteiger partial charge in [-0.2, -0.15) is 5.26 Å². The Morgan fingerprint density at radius 1 is 1.24 bits per heavy atom. The lowest BCUT2D eigenvalue weighted by molar-refractivity contribution is 0.104. The number of rotatable bonds is 5. The van der Waals surface area contributed by atoms with Crippen molar-refractivity contribution in [2.24, 2.45) is 0 Å². The van der Waals surface area contributed by atoms with Crippen molar-refractivity contribution in [3.63, 3.8) is 0 Å². The zero-order valence-electron chi connectivity index (χ0n) is 11.1. The van der Waals surface area contributed by atoms with Gasteiger partial charge in [0.1, 0.15) is 11.8 Å². The van der Waals surface area contributed by atoms with Crippen LogP contribution in [0.2, 0.25) is 0 Å². The summed E-state index contributed by atoms with van der Waals surface area (Å²) in [6.45, 7) is -0.0234. The summed E-state index contributed by atoms with van der Waals surface area (Å²) in [5.41, 5.74) is 1.37. The van der Waals surface area contributed by atoms with Crippen LogP contribution in [-0.4, -0.2) is 12.4 Å². The van der Waals surface area contributed by atoms with Gasteiger partial charge < -0.3 is 4.74 Å². The van der Waals surface area contributed by atoms with E-state index >= 15 is 0 Å². The van der Waals surface area contributed by atoms with Gasteiger partial charge in [0.2, 0.25) is 0 Å². The summed E-state index contributed by atoms with van der Waals surface area (Å²) in [6, 6.07) is 16.4. The highest BCUT2D eigenvalue weighted by Gasteiger charge is 2.03. The summed E-state index contributed by atoms with van der Waals surface area (Å²) in [6.07, 6.45) is 3.19. The topological polar surface area (TPSA) is 50.1 Å². The number of hydrogen-bond acceptors (Lipinski definition) is 3. The Kier molecular flexibility index (Phi) is 5.30. The molecule has 0 atom stereocenters. The second kappa shape index (κ2) is 7.41. The molecule has 3 nitrogen and oxygen atoms in total. The number of benzene rings is 2. The maximum absolute atomic E-state index is 12.1. The molecular formula is C17H12BrNO2. The number of carbonyl (C=O) groups excluding carboxylic acids is 1. The molecule has 2 aromatic carbocycles. The Morgan fingerprint density at radius 2 is 2.05 bits per heavy atom. The number of nitrogens with zero attached hydrogens (tertiary/aromatic N) is 1. The van der Waals surface area contributed by atoms with Gasteiger partial charge in [-0.05, 0) is 30.4 Å². The van der Waals surface area contributed by atoms with Crippen LogP contribution in [-0.2, 0) is 0 Å². The second-order valence-electron chi connectivity index (χ2n) is 4.19. The van der Waals surface area contributed by atoms with Gasteiger partial charge in [0.15, 0.2) is 12.4 Å². The number of ether oxygens (including phenoxy) is 1. The molecule has 0 fully saturated rings. The molecule has 4 heteroatoms. The van der Waals surface area contributed by atoms with Crippen molar-refractivity contribution in [1.29, 1.82) is 5.26 Å². The predicted octanol–water partition coefficient (Wildman–Crippen LogP) is 4.25. The molecule has 0 aliphatic heterocycles. The van der Waals surface area contributed by atoms with Crippen LogP contribution in [0.15, 0.2) is 59.1 Å². The Morgan fingerprint density at radius 3 is 2.81 bits per heavy atom. The fourth-order valence-corrected chi connectivity index (χ4v) is 2.16. The minimum Gasteiger partial charge on any atom is -0.478 e. The number of hydrogen-bond donors (Lipinski definition) is 0. The fraction of sp³-hybridized carbons (Fsp3) is 0.0588. The van der Waals surface area contributed by atoms with Crippen LogP contribution in [0, 0.1) is 11.3 Å². The lowest BCUT2D eigenvalue weighted by Gasteiger charge is -2.05. The van der Waals surface area contributed by atoms with Crippen LogP contribution in [0.5, 0.6) is 5.75 Å². The monoisotopic (exact) mass is 341 g/mol. The summed E-state index contributed by atoms with van der Waals surface area (Å²) in [5, 5.41) is 8.56. The molecule has 0 heterocycles. The molecule has 0 unspecified atom stereocenters. The van der Waals surface area contributed by atoms with Gasteiger partial charge in [-0.3, -0.25) is 4.79 Å². The van der Waals surface area contributed by atoms with Crippen LogP contribution in [0.25, 0.3) is 6.08 Å². The van der Waals surface area contributed by atoms with Gasteiger partial charge in [0.05, 0.1) is 0 Å². The third-order valence-electron chi connectivity index (χ3n) is 2.73. The highest BCUT2D eigenvalue weighted by atomic mass is 79.9. The van der Waals surface area contributed by atoms with E-state index < -0.39 is 0 Å². The van der Waals surface area contributed by atoms with E-state index in [0.29, 0.717) is 11.3 Å². The maximum atomic E-state index is 12.1. The summed E-state index contributed by atoms with van der Waals surface area (Å²) in [4.78, 5) is 12.1. The number of ketones is 1.